The molecule has 10 aromatic rings. The largest absolute Gasteiger partial charge is 0.311 e. The third-order valence-corrected chi connectivity index (χ3v) is 12.5. The van der Waals surface area contributed by atoms with Crippen LogP contribution in [0.15, 0.2) is 212 Å². The van der Waals surface area contributed by atoms with Gasteiger partial charge in [0, 0.05) is 22.5 Å². The van der Waals surface area contributed by atoms with Crippen LogP contribution in [0.2, 0.25) is 0 Å². The van der Waals surface area contributed by atoms with Crippen molar-refractivity contribution in [3.63, 3.8) is 0 Å². The number of hydrogen-bond acceptors (Lipinski definition) is 1. The molecule has 0 aliphatic heterocycles. The lowest BCUT2D eigenvalue weighted by molar-refractivity contribution is 0.660. The molecule has 1 nitrogen and oxygen atoms in total. The molecule has 0 aromatic heterocycles. The highest BCUT2D eigenvalue weighted by Gasteiger charge is 2.35. The topological polar surface area (TPSA) is 3.24 Å². The van der Waals surface area contributed by atoms with Gasteiger partial charge in [0.2, 0.25) is 0 Å². The zero-order valence-corrected chi connectivity index (χ0v) is 32.7. The van der Waals surface area contributed by atoms with E-state index in [2.05, 4.69) is 231 Å². The van der Waals surface area contributed by atoms with Crippen molar-refractivity contribution in [3.8, 4) is 44.5 Å². The minimum atomic E-state index is -0.00377. The van der Waals surface area contributed by atoms with Gasteiger partial charge in [-0.3, -0.25) is 0 Å². The Morgan fingerprint density at radius 1 is 0.293 bits per heavy atom. The van der Waals surface area contributed by atoms with Crippen LogP contribution in [0.1, 0.15) is 25.0 Å². The van der Waals surface area contributed by atoms with E-state index in [-0.39, 0.29) is 5.41 Å². The maximum atomic E-state index is 2.38. The van der Waals surface area contributed by atoms with Gasteiger partial charge in [-0.05, 0) is 136 Å². The molecule has 1 heteroatoms. The molecule has 10 aromatic carbocycles. The second-order valence-electron chi connectivity index (χ2n) is 16.2. The minimum Gasteiger partial charge on any atom is -0.311 e. The van der Waals surface area contributed by atoms with Gasteiger partial charge in [-0.15, -0.1) is 0 Å². The first kappa shape index (κ1) is 34.1. The Kier molecular flexibility index (Phi) is 7.91. The Morgan fingerprint density at radius 3 is 1.52 bits per heavy atom. The molecular formula is C57H41N. The molecule has 0 bridgehead atoms. The van der Waals surface area contributed by atoms with Gasteiger partial charge in [0.15, 0.2) is 0 Å². The summed E-state index contributed by atoms with van der Waals surface area (Å²) in [7, 11) is 0. The van der Waals surface area contributed by atoms with Crippen LogP contribution in [0.4, 0.5) is 17.1 Å². The Morgan fingerprint density at radius 2 is 0.793 bits per heavy atom. The molecule has 58 heavy (non-hydrogen) atoms. The van der Waals surface area contributed by atoms with Gasteiger partial charge in [0.05, 0.1) is 0 Å². The standard InChI is InChI=1S/C57H41N/c1-57(2)55-17-8-7-14-53(55)54-37-45(27-35-56(54)57)40-22-30-47(31-23-40)58(46-28-20-39(21-29-46)44-19-18-38-10-3-4-12-43(38)36-44)48-32-24-42(25-33-48)50-15-9-16-51-49-13-6-5-11-41(49)26-34-52(50)51/h3-37H,1-2H3. The molecule has 1 aliphatic rings. The number of benzene rings is 10. The van der Waals surface area contributed by atoms with Gasteiger partial charge in [-0.25, -0.2) is 0 Å². The van der Waals surface area contributed by atoms with Crippen molar-refractivity contribution in [2.75, 3.05) is 4.90 Å². The number of rotatable bonds is 6. The first-order valence-corrected chi connectivity index (χ1v) is 20.2. The predicted molar refractivity (Wildman–Crippen MR) is 248 cm³/mol. The van der Waals surface area contributed by atoms with E-state index >= 15 is 0 Å². The van der Waals surface area contributed by atoms with Gasteiger partial charge in [0.25, 0.3) is 0 Å². The smallest absolute Gasteiger partial charge is 0.0462 e. The third-order valence-electron chi connectivity index (χ3n) is 12.5. The molecule has 0 atom stereocenters. The van der Waals surface area contributed by atoms with Crippen LogP contribution >= 0.6 is 0 Å². The molecule has 0 unspecified atom stereocenters. The lowest BCUT2D eigenvalue weighted by atomic mass is 9.82. The lowest BCUT2D eigenvalue weighted by Crippen LogP contribution is -2.14. The fraction of sp³-hybridized carbons (Fsp3) is 0.0526. The fourth-order valence-electron chi connectivity index (χ4n) is 9.40. The Bertz CT molecular complexity index is 3170. The van der Waals surface area contributed by atoms with Crippen molar-refractivity contribution >= 4 is 49.4 Å². The van der Waals surface area contributed by atoms with E-state index in [0.29, 0.717) is 0 Å². The highest BCUT2D eigenvalue weighted by molar-refractivity contribution is 6.12. The van der Waals surface area contributed by atoms with E-state index < -0.39 is 0 Å². The van der Waals surface area contributed by atoms with E-state index in [0.717, 1.165) is 17.1 Å². The molecule has 0 N–H and O–H groups in total. The molecule has 0 spiro atoms. The summed E-state index contributed by atoms with van der Waals surface area (Å²) in [6, 6.07) is 78.1. The predicted octanol–water partition coefficient (Wildman–Crippen LogP) is 15.9. The molecule has 0 saturated heterocycles. The van der Waals surface area contributed by atoms with Crippen molar-refractivity contribution in [2.24, 2.45) is 0 Å². The van der Waals surface area contributed by atoms with Gasteiger partial charge in [-0.2, -0.15) is 0 Å². The summed E-state index contributed by atoms with van der Waals surface area (Å²) in [5.74, 6) is 0. The summed E-state index contributed by atoms with van der Waals surface area (Å²) >= 11 is 0. The van der Waals surface area contributed by atoms with Crippen molar-refractivity contribution in [1.29, 1.82) is 0 Å². The van der Waals surface area contributed by atoms with Crippen LogP contribution in [0.3, 0.4) is 0 Å². The highest BCUT2D eigenvalue weighted by atomic mass is 15.1. The van der Waals surface area contributed by atoms with E-state index in [4.69, 9.17) is 0 Å². The number of fused-ring (bicyclic) bond motifs is 7. The molecule has 1 aliphatic carbocycles. The third kappa shape index (κ3) is 5.62. The monoisotopic (exact) mass is 739 g/mol. The van der Waals surface area contributed by atoms with E-state index in [1.54, 1.807) is 0 Å². The lowest BCUT2D eigenvalue weighted by Gasteiger charge is -2.26. The summed E-state index contributed by atoms with van der Waals surface area (Å²) in [6.07, 6.45) is 0. The van der Waals surface area contributed by atoms with Crippen molar-refractivity contribution < 1.29 is 0 Å². The molecule has 0 amide bonds. The van der Waals surface area contributed by atoms with Crippen LogP contribution in [-0.4, -0.2) is 0 Å². The zero-order valence-electron chi connectivity index (χ0n) is 32.7. The summed E-state index contributed by atoms with van der Waals surface area (Å²) in [4.78, 5) is 2.37. The second-order valence-corrected chi connectivity index (χ2v) is 16.2. The summed E-state index contributed by atoms with van der Waals surface area (Å²) in [6.45, 7) is 4.68. The zero-order chi connectivity index (χ0) is 38.8. The molecule has 0 heterocycles. The molecule has 274 valence electrons. The maximum Gasteiger partial charge on any atom is 0.0462 e. The van der Waals surface area contributed by atoms with E-state index in [9.17, 15) is 0 Å². The van der Waals surface area contributed by atoms with E-state index in [1.165, 1.54) is 88.0 Å². The van der Waals surface area contributed by atoms with Crippen molar-refractivity contribution in [1.82, 2.24) is 0 Å². The maximum absolute atomic E-state index is 2.38. The van der Waals surface area contributed by atoms with Gasteiger partial charge in [-0.1, -0.05) is 178 Å². The van der Waals surface area contributed by atoms with Crippen LogP contribution in [0, 0.1) is 0 Å². The van der Waals surface area contributed by atoms with Crippen molar-refractivity contribution in [2.45, 2.75) is 19.3 Å². The molecular weight excluding hydrogens is 699 g/mol. The first-order chi connectivity index (χ1) is 28.5. The van der Waals surface area contributed by atoms with Gasteiger partial charge >= 0.3 is 0 Å². The van der Waals surface area contributed by atoms with Crippen LogP contribution in [0.5, 0.6) is 0 Å². The first-order valence-electron chi connectivity index (χ1n) is 20.2. The Labute approximate surface area is 340 Å². The second kappa shape index (κ2) is 13.5. The van der Waals surface area contributed by atoms with Gasteiger partial charge in [0.1, 0.15) is 0 Å². The van der Waals surface area contributed by atoms with E-state index in [1.807, 2.05) is 0 Å². The highest BCUT2D eigenvalue weighted by Crippen LogP contribution is 2.49. The molecule has 11 rings (SSSR count). The van der Waals surface area contributed by atoms with Crippen LogP contribution in [-0.2, 0) is 5.41 Å². The van der Waals surface area contributed by atoms with Gasteiger partial charge < -0.3 is 4.90 Å². The molecule has 0 radical (unpaired) electrons. The van der Waals surface area contributed by atoms with Crippen LogP contribution in [0.25, 0.3) is 76.8 Å². The fourth-order valence-corrected chi connectivity index (χ4v) is 9.40. The number of nitrogens with zero attached hydrogens (tertiary/aromatic N) is 1. The summed E-state index contributed by atoms with van der Waals surface area (Å²) < 4.78 is 0. The minimum absolute atomic E-state index is 0.00377. The SMILES string of the molecule is CC1(C)c2ccccc2-c2cc(-c3ccc(N(c4ccc(-c5ccc6ccccc6c5)cc4)c4ccc(-c5cccc6c5ccc5ccccc56)cc4)cc3)ccc21. The summed E-state index contributed by atoms with van der Waals surface area (Å²) in [5, 5.41) is 7.61. The molecule has 0 saturated carbocycles. The normalized spacial score (nSPS) is 12.8. The van der Waals surface area contributed by atoms with Crippen LogP contribution < -0.4 is 4.90 Å². The Balaban J connectivity index is 0.976. The van der Waals surface area contributed by atoms with Crippen molar-refractivity contribution in [3.05, 3.63) is 223 Å². The average Bonchev–Trinajstić information content (AvgIpc) is 3.52. The number of anilines is 3. The molecule has 0 fully saturated rings. The number of hydrogen-bond donors (Lipinski definition) is 0. The summed E-state index contributed by atoms with van der Waals surface area (Å²) in [5.41, 5.74) is 16.1. The quantitative estimate of drug-likeness (QED) is 0.154. The average molecular weight is 740 g/mol. The Hall–Kier alpha value is -7.22.